The minimum Gasteiger partial charge on any atom is -0.394 e. The maximum absolute atomic E-state index is 11.3. The van der Waals surface area contributed by atoms with E-state index in [0.717, 1.165) is 38.7 Å². The molecule has 3 atom stereocenters. The quantitative estimate of drug-likeness (QED) is 0.295. The van der Waals surface area contributed by atoms with Crippen LogP contribution in [0.5, 0.6) is 0 Å². The van der Waals surface area contributed by atoms with E-state index in [-0.39, 0.29) is 0 Å². The Hall–Kier alpha value is -0.750. The molecule has 1 fully saturated rings. The van der Waals surface area contributed by atoms with E-state index in [4.69, 9.17) is 14.9 Å². The van der Waals surface area contributed by atoms with Crippen LogP contribution in [0, 0.1) is 0 Å². The van der Waals surface area contributed by atoms with Crippen molar-refractivity contribution < 1.29 is 24.9 Å². The average Bonchev–Trinajstić information content (AvgIpc) is 3.19. The van der Waals surface area contributed by atoms with E-state index in [2.05, 4.69) is 0 Å². The number of rotatable bonds is 10. The fourth-order valence-electron chi connectivity index (χ4n) is 1.63. The number of carbonyl (C=O) groups excluding carboxylic acids is 1. The maximum Gasteiger partial charge on any atom is 0.186 e. The molecule has 5 nitrogen and oxygen atoms in total. The Balaban J connectivity index is 2.01. The molecule has 0 aromatic heterocycles. The van der Waals surface area contributed by atoms with Crippen LogP contribution in [0.2, 0.25) is 0 Å². The third kappa shape index (κ3) is 6.26. The lowest BCUT2D eigenvalue weighted by atomic mass is 10.1. The first-order chi connectivity index (χ1) is 8.65. The maximum atomic E-state index is 11.3. The highest BCUT2D eigenvalue weighted by atomic mass is 16.6. The van der Waals surface area contributed by atoms with Crippen LogP contribution in [0.1, 0.15) is 32.1 Å². The van der Waals surface area contributed by atoms with Gasteiger partial charge in [-0.1, -0.05) is 18.9 Å². The summed E-state index contributed by atoms with van der Waals surface area (Å²) in [6.07, 6.45) is 5.64. The summed E-state index contributed by atoms with van der Waals surface area (Å²) in [6, 6.07) is 0. The van der Waals surface area contributed by atoms with Gasteiger partial charge in [0.25, 0.3) is 0 Å². The van der Waals surface area contributed by atoms with Gasteiger partial charge in [-0.15, -0.1) is 0 Å². The van der Waals surface area contributed by atoms with Crippen LogP contribution in [0.4, 0.5) is 0 Å². The summed E-state index contributed by atoms with van der Waals surface area (Å²) < 4.78 is 5.10. The van der Waals surface area contributed by atoms with Crippen molar-refractivity contribution >= 4 is 5.78 Å². The van der Waals surface area contributed by atoms with E-state index >= 15 is 0 Å². The van der Waals surface area contributed by atoms with Crippen LogP contribution >= 0.6 is 0 Å². The van der Waals surface area contributed by atoms with E-state index in [1.54, 1.807) is 6.08 Å². The number of ketones is 1. The molecule has 3 unspecified atom stereocenters. The van der Waals surface area contributed by atoms with Gasteiger partial charge in [-0.25, -0.2) is 0 Å². The predicted molar refractivity (Wildman–Crippen MR) is 66.1 cm³/mol. The number of unbranched alkanes of at least 4 members (excludes halogenated alkanes) is 3. The second-order valence-electron chi connectivity index (χ2n) is 4.59. The van der Waals surface area contributed by atoms with E-state index < -0.39 is 24.6 Å². The lowest BCUT2D eigenvalue weighted by Gasteiger charge is -2.11. The summed E-state index contributed by atoms with van der Waals surface area (Å²) in [5, 5.41) is 26.9. The molecule has 1 aliphatic rings. The molecule has 1 aliphatic heterocycles. The molecule has 3 N–H and O–H groups in total. The molecule has 0 aromatic carbocycles. The van der Waals surface area contributed by atoms with Crippen LogP contribution in [-0.2, 0) is 9.53 Å². The first-order valence-electron chi connectivity index (χ1n) is 6.44. The summed E-state index contributed by atoms with van der Waals surface area (Å²) in [4.78, 5) is 11.3. The minimum absolute atomic E-state index is 0.484. The van der Waals surface area contributed by atoms with Gasteiger partial charge in [0.2, 0.25) is 0 Å². The van der Waals surface area contributed by atoms with Crippen molar-refractivity contribution in [2.75, 3.05) is 13.2 Å². The Morgan fingerprint density at radius 1 is 1.33 bits per heavy atom. The smallest absolute Gasteiger partial charge is 0.186 e. The number of carbonyl (C=O) groups is 1. The molecule has 0 radical (unpaired) electrons. The Kier molecular flexibility index (Phi) is 7.12. The standard InChI is InChI=1S/C13H22O5/c14-8-12(16)13(17)11(15)7-5-3-1-2-4-6-10-9-18-10/h5,7,10,12-14,16-17H,1-4,6,8-9H2/b7-5+. The van der Waals surface area contributed by atoms with Crippen molar-refractivity contribution in [2.24, 2.45) is 0 Å². The zero-order chi connectivity index (χ0) is 13.4. The van der Waals surface area contributed by atoms with Gasteiger partial charge in [-0.2, -0.15) is 0 Å². The zero-order valence-corrected chi connectivity index (χ0v) is 10.5. The van der Waals surface area contributed by atoms with Gasteiger partial charge in [-0.3, -0.25) is 4.79 Å². The molecule has 0 aromatic rings. The topological polar surface area (TPSA) is 90.3 Å². The van der Waals surface area contributed by atoms with Crippen LogP contribution in [0.25, 0.3) is 0 Å². The van der Waals surface area contributed by atoms with Gasteiger partial charge in [0, 0.05) is 0 Å². The molecule has 0 aliphatic carbocycles. The summed E-state index contributed by atoms with van der Waals surface area (Å²) >= 11 is 0. The average molecular weight is 258 g/mol. The summed E-state index contributed by atoms with van der Waals surface area (Å²) in [6.45, 7) is 0.281. The summed E-state index contributed by atoms with van der Waals surface area (Å²) in [5.41, 5.74) is 0. The van der Waals surface area contributed by atoms with E-state index in [0.29, 0.717) is 6.10 Å². The van der Waals surface area contributed by atoms with Crippen LogP contribution < -0.4 is 0 Å². The molecule has 0 bridgehead atoms. The van der Waals surface area contributed by atoms with Crippen molar-refractivity contribution in [1.29, 1.82) is 0 Å². The number of aliphatic hydroxyl groups is 3. The largest absolute Gasteiger partial charge is 0.394 e. The van der Waals surface area contributed by atoms with Crippen LogP contribution in [0.3, 0.4) is 0 Å². The Bertz CT molecular complexity index is 273. The first kappa shape index (κ1) is 15.3. The first-order valence-corrected chi connectivity index (χ1v) is 6.44. The number of hydrogen-bond donors (Lipinski definition) is 3. The molecular weight excluding hydrogens is 236 g/mol. The SMILES string of the molecule is O=C(/C=C/CCCCCC1CO1)C(O)C(O)CO. The molecule has 1 saturated heterocycles. The van der Waals surface area contributed by atoms with Crippen molar-refractivity contribution in [3.05, 3.63) is 12.2 Å². The van der Waals surface area contributed by atoms with Crippen LogP contribution in [-0.4, -0.2) is 52.6 Å². The van der Waals surface area contributed by atoms with Crippen LogP contribution in [0.15, 0.2) is 12.2 Å². The Labute approximate surface area is 107 Å². The van der Waals surface area contributed by atoms with Gasteiger partial charge < -0.3 is 20.1 Å². The Morgan fingerprint density at radius 3 is 2.67 bits per heavy atom. The summed E-state index contributed by atoms with van der Waals surface area (Å²) in [7, 11) is 0. The number of hydrogen-bond acceptors (Lipinski definition) is 5. The zero-order valence-electron chi connectivity index (χ0n) is 10.5. The fraction of sp³-hybridized carbons (Fsp3) is 0.769. The third-order valence-corrected chi connectivity index (χ3v) is 2.92. The van der Waals surface area contributed by atoms with E-state index in [1.807, 2.05) is 0 Å². The highest BCUT2D eigenvalue weighted by molar-refractivity contribution is 5.93. The number of ether oxygens (including phenoxy) is 1. The number of aliphatic hydroxyl groups excluding tert-OH is 3. The highest BCUT2D eigenvalue weighted by Crippen LogP contribution is 2.17. The monoisotopic (exact) mass is 258 g/mol. The molecule has 1 rings (SSSR count). The second-order valence-corrected chi connectivity index (χ2v) is 4.59. The molecule has 0 amide bonds. The fourth-order valence-corrected chi connectivity index (χ4v) is 1.63. The molecule has 0 saturated carbocycles. The van der Waals surface area contributed by atoms with Gasteiger partial charge in [0.1, 0.15) is 12.2 Å². The summed E-state index contributed by atoms with van der Waals surface area (Å²) in [5.74, 6) is -0.567. The van der Waals surface area contributed by atoms with E-state index in [1.165, 1.54) is 6.08 Å². The van der Waals surface area contributed by atoms with Crippen molar-refractivity contribution in [2.45, 2.75) is 50.4 Å². The third-order valence-electron chi connectivity index (χ3n) is 2.92. The number of epoxide rings is 1. The van der Waals surface area contributed by atoms with Gasteiger partial charge >= 0.3 is 0 Å². The van der Waals surface area contributed by atoms with E-state index in [9.17, 15) is 9.90 Å². The lowest BCUT2D eigenvalue weighted by molar-refractivity contribution is -0.129. The highest BCUT2D eigenvalue weighted by Gasteiger charge is 2.21. The lowest BCUT2D eigenvalue weighted by Crippen LogP contribution is -2.35. The molecule has 5 heteroatoms. The van der Waals surface area contributed by atoms with Gasteiger partial charge in [0.05, 0.1) is 19.3 Å². The minimum atomic E-state index is -1.53. The molecule has 0 spiro atoms. The van der Waals surface area contributed by atoms with Crippen molar-refractivity contribution in [3.63, 3.8) is 0 Å². The Morgan fingerprint density at radius 2 is 2.06 bits per heavy atom. The van der Waals surface area contributed by atoms with Gasteiger partial charge in [0.15, 0.2) is 5.78 Å². The molecule has 104 valence electrons. The molecule has 1 heterocycles. The molecule has 18 heavy (non-hydrogen) atoms. The predicted octanol–water partition coefficient (Wildman–Crippen LogP) is 0.175. The van der Waals surface area contributed by atoms with Gasteiger partial charge in [-0.05, 0) is 25.3 Å². The van der Waals surface area contributed by atoms with Crippen molar-refractivity contribution in [3.8, 4) is 0 Å². The number of allylic oxidation sites excluding steroid dienone is 1. The molecular formula is C13H22O5. The van der Waals surface area contributed by atoms with Crippen molar-refractivity contribution in [1.82, 2.24) is 0 Å². The normalized spacial score (nSPS) is 22.1. The second kappa shape index (κ2) is 8.37.